The maximum Gasteiger partial charge on any atom is 0.127 e. The Hall–Kier alpha value is -0.120. The Balaban J connectivity index is 2.10. The number of hydrogen-bond acceptors (Lipinski definition) is 3. The van der Waals surface area contributed by atoms with Crippen molar-refractivity contribution in [3.8, 4) is 0 Å². The third-order valence-electron chi connectivity index (χ3n) is 3.35. The molecule has 2 aliphatic heterocycles. The van der Waals surface area contributed by atoms with Gasteiger partial charge in [-0.1, -0.05) is 13.8 Å². The van der Waals surface area contributed by atoms with Gasteiger partial charge < -0.3 is 9.47 Å². The van der Waals surface area contributed by atoms with Crippen LogP contribution < -0.4 is 0 Å². The predicted octanol–water partition coefficient (Wildman–Crippen LogP) is 1.52. The fourth-order valence-electron chi connectivity index (χ4n) is 2.29. The van der Waals surface area contributed by atoms with Crippen molar-refractivity contribution in [3.63, 3.8) is 0 Å². The van der Waals surface area contributed by atoms with Gasteiger partial charge in [0.15, 0.2) is 0 Å². The molecule has 1 spiro atoms. The lowest BCUT2D eigenvalue weighted by molar-refractivity contribution is -0.214. The molecule has 3 nitrogen and oxygen atoms in total. The molecule has 0 aromatic carbocycles. The van der Waals surface area contributed by atoms with Crippen LogP contribution in [0.4, 0.5) is 0 Å². The molecule has 0 aromatic rings. The summed E-state index contributed by atoms with van der Waals surface area (Å²) in [6, 6.07) is 0.587. The summed E-state index contributed by atoms with van der Waals surface area (Å²) in [5.41, 5.74) is 0.251. The van der Waals surface area contributed by atoms with Gasteiger partial charge in [0.1, 0.15) is 5.60 Å². The summed E-state index contributed by atoms with van der Waals surface area (Å²) in [7, 11) is 0. The molecule has 0 aliphatic carbocycles. The largest absolute Gasteiger partial charge is 0.375 e. The summed E-state index contributed by atoms with van der Waals surface area (Å²) in [4.78, 5) is 2.52. The number of hydrogen-bond donors (Lipinski definition) is 0. The van der Waals surface area contributed by atoms with Gasteiger partial charge in [-0.25, -0.2) is 0 Å². The van der Waals surface area contributed by atoms with Crippen LogP contribution in [0.1, 0.15) is 27.7 Å². The molecular formula is C12H23NO2. The Labute approximate surface area is 92.7 Å². The molecule has 3 heteroatoms. The van der Waals surface area contributed by atoms with Crippen molar-refractivity contribution >= 4 is 0 Å². The third-order valence-corrected chi connectivity index (χ3v) is 3.35. The van der Waals surface area contributed by atoms with E-state index in [0.29, 0.717) is 6.04 Å². The van der Waals surface area contributed by atoms with Gasteiger partial charge in [-0.3, -0.25) is 4.90 Å². The smallest absolute Gasteiger partial charge is 0.127 e. The first-order chi connectivity index (χ1) is 6.93. The predicted molar refractivity (Wildman–Crippen MR) is 60.0 cm³/mol. The van der Waals surface area contributed by atoms with Crippen LogP contribution in [-0.4, -0.2) is 49.5 Å². The van der Waals surface area contributed by atoms with E-state index < -0.39 is 0 Å². The molecule has 2 saturated heterocycles. The van der Waals surface area contributed by atoms with Crippen molar-refractivity contribution in [1.29, 1.82) is 0 Å². The van der Waals surface area contributed by atoms with E-state index in [1.165, 1.54) is 0 Å². The van der Waals surface area contributed by atoms with Crippen LogP contribution in [0.5, 0.6) is 0 Å². The molecule has 0 unspecified atom stereocenters. The Morgan fingerprint density at radius 3 is 2.20 bits per heavy atom. The second-order valence-electron chi connectivity index (χ2n) is 6.13. The zero-order chi connectivity index (χ0) is 11.1. The van der Waals surface area contributed by atoms with Crippen molar-refractivity contribution < 1.29 is 9.47 Å². The molecule has 0 N–H and O–H groups in total. The van der Waals surface area contributed by atoms with E-state index in [2.05, 4.69) is 32.6 Å². The second-order valence-corrected chi connectivity index (χ2v) is 6.13. The molecule has 2 aliphatic rings. The monoisotopic (exact) mass is 213 g/mol. The van der Waals surface area contributed by atoms with Crippen LogP contribution in [0, 0.1) is 5.41 Å². The molecular weight excluding hydrogens is 190 g/mol. The minimum atomic E-state index is -0.00194. The zero-order valence-corrected chi connectivity index (χ0v) is 10.4. The van der Waals surface area contributed by atoms with Gasteiger partial charge in [-0.2, -0.15) is 0 Å². The summed E-state index contributed by atoms with van der Waals surface area (Å²) < 4.78 is 11.4. The topological polar surface area (TPSA) is 21.7 Å². The number of rotatable bonds is 1. The summed E-state index contributed by atoms with van der Waals surface area (Å²) in [6.07, 6.45) is 0. The average Bonchev–Trinajstić information content (AvgIpc) is 2.20. The lowest BCUT2D eigenvalue weighted by atomic mass is 9.94. The maximum atomic E-state index is 6.06. The highest BCUT2D eigenvalue weighted by molar-refractivity contribution is 4.95. The van der Waals surface area contributed by atoms with E-state index in [4.69, 9.17) is 9.47 Å². The van der Waals surface area contributed by atoms with Crippen LogP contribution in [0.25, 0.3) is 0 Å². The quantitative estimate of drug-likeness (QED) is 0.659. The Bertz CT molecular complexity index is 234. The van der Waals surface area contributed by atoms with Gasteiger partial charge in [-0.15, -0.1) is 0 Å². The van der Waals surface area contributed by atoms with Gasteiger partial charge in [0.25, 0.3) is 0 Å². The SMILES string of the molecule is CC(C)N1CC(C)(C)COC2(COC2)C1. The summed E-state index contributed by atoms with van der Waals surface area (Å²) in [6.45, 7) is 13.6. The van der Waals surface area contributed by atoms with Gasteiger partial charge >= 0.3 is 0 Å². The highest BCUT2D eigenvalue weighted by Gasteiger charge is 2.45. The van der Waals surface area contributed by atoms with Crippen LogP contribution >= 0.6 is 0 Å². The Morgan fingerprint density at radius 2 is 1.73 bits per heavy atom. The number of nitrogens with zero attached hydrogens (tertiary/aromatic N) is 1. The standard InChI is InChI=1S/C12H23NO2/c1-10(2)13-5-11(3,4)7-15-12(6-13)8-14-9-12/h10H,5-9H2,1-4H3. The lowest BCUT2D eigenvalue weighted by Gasteiger charge is -2.43. The molecule has 2 rings (SSSR count). The van der Waals surface area contributed by atoms with Crippen molar-refractivity contribution in [2.75, 3.05) is 32.9 Å². The van der Waals surface area contributed by atoms with Gasteiger partial charge in [0.2, 0.25) is 0 Å². The molecule has 0 bridgehead atoms. The van der Waals surface area contributed by atoms with Crippen LogP contribution in [-0.2, 0) is 9.47 Å². The molecule has 2 heterocycles. The minimum absolute atomic E-state index is 0.00194. The van der Waals surface area contributed by atoms with E-state index >= 15 is 0 Å². The molecule has 88 valence electrons. The average molecular weight is 213 g/mol. The molecule has 0 aromatic heterocycles. The second kappa shape index (κ2) is 3.72. The molecule has 2 fully saturated rings. The first kappa shape index (κ1) is 11.4. The van der Waals surface area contributed by atoms with Crippen LogP contribution in [0.15, 0.2) is 0 Å². The van der Waals surface area contributed by atoms with Crippen molar-refractivity contribution in [3.05, 3.63) is 0 Å². The van der Waals surface area contributed by atoms with Crippen LogP contribution in [0.2, 0.25) is 0 Å². The summed E-state index contributed by atoms with van der Waals surface area (Å²) in [5.74, 6) is 0. The van der Waals surface area contributed by atoms with Crippen LogP contribution in [0.3, 0.4) is 0 Å². The van der Waals surface area contributed by atoms with Crippen molar-refractivity contribution in [2.45, 2.75) is 39.3 Å². The highest BCUT2D eigenvalue weighted by atomic mass is 16.6. The summed E-state index contributed by atoms with van der Waals surface area (Å²) in [5, 5.41) is 0. The first-order valence-electron chi connectivity index (χ1n) is 5.88. The maximum absolute atomic E-state index is 6.06. The van der Waals surface area contributed by atoms with Gasteiger partial charge in [0, 0.05) is 24.5 Å². The van der Waals surface area contributed by atoms with Gasteiger partial charge in [-0.05, 0) is 13.8 Å². The lowest BCUT2D eigenvalue weighted by Crippen LogP contribution is -2.58. The molecule has 0 radical (unpaired) electrons. The normalized spacial score (nSPS) is 30.2. The van der Waals surface area contributed by atoms with Crippen molar-refractivity contribution in [1.82, 2.24) is 4.90 Å². The minimum Gasteiger partial charge on any atom is -0.375 e. The van der Waals surface area contributed by atoms with Gasteiger partial charge in [0.05, 0.1) is 19.8 Å². The molecule has 0 saturated carbocycles. The fraction of sp³-hybridized carbons (Fsp3) is 1.00. The fourth-order valence-corrected chi connectivity index (χ4v) is 2.29. The third kappa shape index (κ3) is 2.35. The Morgan fingerprint density at radius 1 is 1.07 bits per heavy atom. The molecule has 0 amide bonds. The van der Waals surface area contributed by atoms with E-state index in [9.17, 15) is 0 Å². The Kier molecular flexibility index (Phi) is 2.82. The van der Waals surface area contributed by atoms with E-state index in [1.54, 1.807) is 0 Å². The summed E-state index contributed by atoms with van der Waals surface area (Å²) >= 11 is 0. The number of ether oxygens (including phenoxy) is 2. The van der Waals surface area contributed by atoms with E-state index in [-0.39, 0.29) is 11.0 Å². The zero-order valence-electron chi connectivity index (χ0n) is 10.4. The highest BCUT2D eigenvalue weighted by Crippen LogP contribution is 2.32. The first-order valence-corrected chi connectivity index (χ1v) is 5.88. The molecule has 0 atom stereocenters. The molecule has 15 heavy (non-hydrogen) atoms. The van der Waals surface area contributed by atoms with Crippen molar-refractivity contribution in [2.24, 2.45) is 5.41 Å². The van der Waals surface area contributed by atoms with E-state index in [0.717, 1.165) is 32.9 Å². The van der Waals surface area contributed by atoms with E-state index in [1.807, 2.05) is 0 Å².